The second-order valence-corrected chi connectivity index (χ2v) is 6.53. The minimum atomic E-state index is -0.822. The molecule has 0 aliphatic heterocycles. The molecule has 134 valence electrons. The SMILES string of the molecule is CC(C)c1c(C(=O)NCCCCC(=O)O)cnn1-c1ccc(Cl)cc1. The third kappa shape index (κ3) is 5.06. The zero-order valence-corrected chi connectivity index (χ0v) is 15.1. The number of carboxylic acids is 1. The third-order valence-electron chi connectivity index (χ3n) is 3.77. The van der Waals surface area contributed by atoms with Crippen molar-refractivity contribution in [3.05, 3.63) is 46.7 Å². The predicted octanol–water partition coefficient (Wildman–Crippen LogP) is 3.63. The summed E-state index contributed by atoms with van der Waals surface area (Å²) in [5, 5.41) is 16.5. The summed E-state index contributed by atoms with van der Waals surface area (Å²) in [6.45, 7) is 4.45. The van der Waals surface area contributed by atoms with Crippen LogP contribution in [-0.2, 0) is 4.79 Å². The number of carbonyl (C=O) groups is 2. The van der Waals surface area contributed by atoms with Crippen LogP contribution in [0, 0.1) is 0 Å². The largest absolute Gasteiger partial charge is 0.481 e. The van der Waals surface area contributed by atoms with Gasteiger partial charge >= 0.3 is 5.97 Å². The monoisotopic (exact) mass is 363 g/mol. The molecular weight excluding hydrogens is 342 g/mol. The van der Waals surface area contributed by atoms with Crippen LogP contribution in [0.5, 0.6) is 0 Å². The van der Waals surface area contributed by atoms with Gasteiger partial charge in [-0.3, -0.25) is 9.59 Å². The van der Waals surface area contributed by atoms with Crippen LogP contribution in [0.4, 0.5) is 0 Å². The van der Waals surface area contributed by atoms with Crippen molar-refractivity contribution in [3.63, 3.8) is 0 Å². The van der Waals surface area contributed by atoms with E-state index in [0.717, 1.165) is 11.4 Å². The van der Waals surface area contributed by atoms with E-state index in [1.54, 1.807) is 23.0 Å². The van der Waals surface area contributed by atoms with Crippen molar-refractivity contribution in [1.82, 2.24) is 15.1 Å². The predicted molar refractivity (Wildman–Crippen MR) is 96.5 cm³/mol. The molecule has 1 aromatic heterocycles. The number of rotatable bonds is 8. The van der Waals surface area contributed by atoms with Gasteiger partial charge in [0.05, 0.1) is 23.1 Å². The Morgan fingerprint density at radius 2 is 1.92 bits per heavy atom. The Bertz CT molecular complexity index is 739. The number of unbranched alkanes of at least 4 members (excludes halogenated alkanes) is 1. The number of hydrogen-bond acceptors (Lipinski definition) is 3. The van der Waals surface area contributed by atoms with Crippen LogP contribution in [0.3, 0.4) is 0 Å². The van der Waals surface area contributed by atoms with Crippen molar-refractivity contribution in [1.29, 1.82) is 0 Å². The van der Waals surface area contributed by atoms with E-state index in [4.69, 9.17) is 16.7 Å². The van der Waals surface area contributed by atoms with Gasteiger partial charge in [0.2, 0.25) is 0 Å². The molecule has 0 saturated carbocycles. The number of benzene rings is 1. The third-order valence-corrected chi connectivity index (χ3v) is 4.02. The van der Waals surface area contributed by atoms with Gasteiger partial charge in [0.25, 0.3) is 5.91 Å². The molecular formula is C18H22ClN3O3. The number of carboxylic acid groups (broad SMARTS) is 1. The van der Waals surface area contributed by atoms with E-state index >= 15 is 0 Å². The fraction of sp³-hybridized carbons (Fsp3) is 0.389. The summed E-state index contributed by atoms with van der Waals surface area (Å²) < 4.78 is 1.75. The summed E-state index contributed by atoms with van der Waals surface area (Å²) in [5.74, 6) is -0.914. The van der Waals surface area contributed by atoms with E-state index in [-0.39, 0.29) is 18.2 Å². The summed E-state index contributed by atoms with van der Waals surface area (Å²) in [6.07, 6.45) is 2.84. The molecule has 0 saturated heterocycles. The highest BCUT2D eigenvalue weighted by Crippen LogP contribution is 2.24. The Morgan fingerprint density at radius 3 is 2.52 bits per heavy atom. The van der Waals surface area contributed by atoms with E-state index in [1.807, 2.05) is 26.0 Å². The second-order valence-electron chi connectivity index (χ2n) is 6.09. The Hall–Kier alpha value is -2.34. The number of aromatic nitrogens is 2. The topological polar surface area (TPSA) is 84.2 Å². The number of amides is 1. The van der Waals surface area contributed by atoms with E-state index < -0.39 is 5.97 Å². The van der Waals surface area contributed by atoms with Gasteiger partial charge in [-0.05, 0) is 43.0 Å². The highest BCUT2D eigenvalue weighted by atomic mass is 35.5. The number of carbonyl (C=O) groups excluding carboxylic acids is 1. The van der Waals surface area contributed by atoms with Gasteiger partial charge in [-0.2, -0.15) is 5.10 Å². The molecule has 0 bridgehead atoms. The lowest BCUT2D eigenvalue weighted by Gasteiger charge is -2.13. The lowest BCUT2D eigenvalue weighted by Crippen LogP contribution is -2.25. The van der Waals surface area contributed by atoms with Crippen LogP contribution in [-0.4, -0.2) is 33.3 Å². The first kappa shape index (κ1) is 19.0. The van der Waals surface area contributed by atoms with Gasteiger partial charge in [-0.1, -0.05) is 25.4 Å². The zero-order valence-electron chi connectivity index (χ0n) is 14.3. The van der Waals surface area contributed by atoms with Gasteiger partial charge in [-0.15, -0.1) is 0 Å². The molecule has 7 heteroatoms. The minimum Gasteiger partial charge on any atom is -0.481 e. The molecule has 0 unspecified atom stereocenters. The lowest BCUT2D eigenvalue weighted by molar-refractivity contribution is -0.137. The van der Waals surface area contributed by atoms with Crippen molar-refractivity contribution in [2.24, 2.45) is 0 Å². The second kappa shape index (κ2) is 8.67. The average Bonchev–Trinajstić information content (AvgIpc) is 3.00. The average molecular weight is 364 g/mol. The van der Waals surface area contributed by atoms with E-state index in [9.17, 15) is 9.59 Å². The van der Waals surface area contributed by atoms with Crippen LogP contribution in [0.2, 0.25) is 5.02 Å². The Balaban J connectivity index is 2.11. The van der Waals surface area contributed by atoms with Crippen LogP contribution < -0.4 is 5.32 Å². The van der Waals surface area contributed by atoms with Crippen molar-refractivity contribution >= 4 is 23.5 Å². The molecule has 6 nitrogen and oxygen atoms in total. The quantitative estimate of drug-likeness (QED) is 0.701. The van der Waals surface area contributed by atoms with Crippen LogP contribution in [0.1, 0.15) is 55.1 Å². The fourth-order valence-corrected chi connectivity index (χ4v) is 2.70. The highest BCUT2D eigenvalue weighted by Gasteiger charge is 2.20. The number of nitrogens with zero attached hydrogens (tertiary/aromatic N) is 2. The highest BCUT2D eigenvalue weighted by molar-refractivity contribution is 6.30. The maximum Gasteiger partial charge on any atom is 0.303 e. The molecule has 25 heavy (non-hydrogen) atoms. The Morgan fingerprint density at radius 1 is 1.24 bits per heavy atom. The molecule has 0 atom stereocenters. The number of halogens is 1. The van der Waals surface area contributed by atoms with Crippen LogP contribution in [0.25, 0.3) is 5.69 Å². The van der Waals surface area contributed by atoms with Crippen molar-refractivity contribution in [3.8, 4) is 5.69 Å². The summed E-state index contributed by atoms with van der Waals surface area (Å²) in [5.41, 5.74) is 2.20. The first-order chi connectivity index (χ1) is 11.9. The molecule has 0 aliphatic carbocycles. The van der Waals surface area contributed by atoms with Gasteiger partial charge < -0.3 is 10.4 Å². The number of hydrogen-bond donors (Lipinski definition) is 2. The van der Waals surface area contributed by atoms with Gasteiger partial charge in [-0.25, -0.2) is 4.68 Å². The van der Waals surface area contributed by atoms with Crippen molar-refractivity contribution in [2.45, 2.75) is 39.0 Å². The summed E-state index contributed by atoms with van der Waals surface area (Å²) >= 11 is 5.93. The fourth-order valence-electron chi connectivity index (χ4n) is 2.57. The van der Waals surface area contributed by atoms with Crippen molar-refractivity contribution < 1.29 is 14.7 Å². The number of nitrogens with one attached hydrogen (secondary N) is 1. The van der Waals surface area contributed by atoms with E-state index in [0.29, 0.717) is 30.0 Å². The Kier molecular flexibility index (Phi) is 6.58. The lowest BCUT2D eigenvalue weighted by atomic mass is 10.0. The first-order valence-corrected chi connectivity index (χ1v) is 8.61. The molecule has 2 N–H and O–H groups in total. The maximum atomic E-state index is 12.5. The Labute approximate surface area is 151 Å². The summed E-state index contributed by atoms with van der Waals surface area (Å²) in [7, 11) is 0. The zero-order chi connectivity index (χ0) is 18.4. The smallest absolute Gasteiger partial charge is 0.303 e. The summed E-state index contributed by atoms with van der Waals surface area (Å²) in [6, 6.07) is 7.28. The summed E-state index contributed by atoms with van der Waals surface area (Å²) in [4.78, 5) is 23.0. The standard InChI is InChI=1S/C18H22ClN3O3/c1-12(2)17-15(18(25)20-10-4-3-5-16(23)24)11-21-22(17)14-8-6-13(19)7-9-14/h6-9,11-12H,3-5,10H2,1-2H3,(H,20,25)(H,23,24). The molecule has 2 aromatic rings. The van der Waals surface area contributed by atoms with Crippen molar-refractivity contribution in [2.75, 3.05) is 6.54 Å². The number of aliphatic carboxylic acids is 1. The molecule has 0 aliphatic rings. The van der Waals surface area contributed by atoms with E-state index in [2.05, 4.69) is 10.4 Å². The van der Waals surface area contributed by atoms with E-state index in [1.165, 1.54) is 0 Å². The molecule has 2 rings (SSSR count). The van der Waals surface area contributed by atoms with Crippen LogP contribution in [0.15, 0.2) is 30.5 Å². The van der Waals surface area contributed by atoms with Gasteiger partial charge in [0, 0.05) is 18.0 Å². The minimum absolute atomic E-state index is 0.103. The molecule has 1 heterocycles. The molecule has 1 aromatic carbocycles. The first-order valence-electron chi connectivity index (χ1n) is 8.24. The molecule has 1 amide bonds. The van der Waals surface area contributed by atoms with Gasteiger partial charge in [0.1, 0.15) is 0 Å². The molecule has 0 fully saturated rings. The van der Waals surface area contributed by atoms with Crippen LogP contribution >= 0.6 is 11.6 Å². The molecule has 0 spiro atoms. The maximum absolute atomic E-state index is 12.5. The normalized spacial score (nSPS) is 10.9. The van der Waals surface area contributed by atoms with Gasteiger partial charge in [0.15, 0.2) is 0 Å². The molecule has 0 radical (unpaired) electrons.